The third-order valence-electron chi connectivity index (χ3n) is 2.69. The van der Waals surface area contributed by atoms with E-state index in [0.29, 0.717) is 15.8 Å². The first-order valence-corrected chi connectivity index (χ1v) is 6.65. The van der Waals surface area contributed by atoms with Crippen LogP contribution in [0.5, 0.6) is 5.75 Å². The third kappa shape index (κ3) is 3.55. The van der Waals surface area contributed by atoms with E-state index in [4.69, 9.17) is 9.84 Å². The molecule has 0 spiro atoms. The fraction of sp³-hybridized carbons (Fsp3) is 0.143. The molecule has 1 N–H and O–H groups in total. The third-order valence-corrected chi connectivity index (χ3v) is 3.36. The summed E-state index contributed by atoms with van der Waals surface area (Å²) in [5, 5.41) is 19.9. The largest absolute Gasteiger partial charge is 0.489 e. The Morgan fingerprint density at radius 3 is 2.70 bits per heavy atom. The van der Waals surface area contributed by atoms with Crippen molar-refractivity contribution < 1.29 is 14.8 Å². The van der Waals surface area contributed by atoms with Crippen LogP contribution in [0.1, 0.15) is 11.1 Å². The predicted molar refractivity (Wildman–Crippen MR) is 77.5 cm³/mol. The summed E-state index contributed by atoms with van der Waals surface area (Å²) in [7, 11) is 0. The minimum Gasteiger partial charge on any atom is -0.489 e. The molecule has 20 heavy (non-hydrogen) atoms. The number of benzene rings is 2. The molecule has 0 saturated heterocycles. The normalized spacial score (nSPS) is 10.3. The summed E-state index contributed by atoms with van der Waals surface area (Å²) in [6.07, 6.45) is 0. The number of ether oxygens (including phenoxy) is 1. The van der Waals surface area contributed by atoms with Crippen LogP contribution in [-0.2, 0) is 13.2 Å². The number of halogens is 1. The zero-order chi connectivity index (χ0) is 14.5. The van der Waals surface area contributed by atoms with E-state index in [0.717, 1.165) is 5.56 Å². The molecule has 0 aliphatic carbocycles. The van der Waals surface area contributed by atoms with Crippen LogP contribution in [0, 0.1) is 10.1 Å². The highest BCUT2D eigenvalue weighted by Gasteiger charge is 2.12. The van der Waals surface area contributed by atoms with Crippen molar-refractivity contribution in [2.75, 3.05) is 0 Å². The fourth-order valence-electron chi connectivity index (χ4n) is 1.69. The SMILES string of the molecule is O=[N+]([O-])c1cc(COc2cccc(CO)c2)ccc1Br. The summed E-state index contributed by atoms with van der Waals surface area (Å²) < 4.78 is 6.00. The van der Waals surface area contributed by atoms with Gasteiger partial charge in [-0.15, -0.1) is 0 Å². The summed E-state index contributed by atoms with van der Waals surface area (Å²) in [6.45, 7) is 0.171. The quantitative estimate of drug-likeness (QED) is 0.670. The van der Waals surface area contributed by atoms with Crippen LogP contribution >= 0.6 is 15.9 Å². The molecular weight excluding hydrogens is 326 g/mol. The molecule has 5 nitrogen and oxygen atoms in total. The molecule has 0 unspecified atom stereocenters. The van der Waals surface area contributed by atoms with Gasteiger partial charge in [0.2, 0.25) is 0 Å². The van der Waals surface area contributed by atoms with E-state index in [9.17, 15) is 10.1 Å². The first kappa shape index (κ1) is 14.5. The maximum atomic E-state index is 10.8. The van der Waals surface area contributed by atoms with Gasteiger partial charge in [0.1, 0.15) is 12.4 Å². The minimum atomic E-state index is -0.444. The molecule has 0 bridgehead atoms. The Morgan fingerprint density at radius 2 is 2.00 bits per heavy atom. The van der Waals surface area contributed by atoms with Crippen LogP contribution in [-0.4, -0.2) is 10.0 Å². The average molecular weight is 338 g/mol. The number of nitro groups is 1. The Balaban J connectivity index is 2.10. The summed E-state index contributed by atoms with van der Waals surface area (Å²) in [5.74, 6) is 0.613. The van der Waals surface area contributed by atoms with Crippen LogP contribution in [0.25, 0.3) is 0 Å². The molecule has 6 heteroatoms. The Bertz CT molecular complexity index is 630. The van der Waals surface area contributed by atoms with Crippen LogP contribution in [0.15, 0.2) is 46.9 Å². The van der Waals surface area contributed by atoms with Crippen molar-refractivity contribution in [2.24, 2.45) is 0 Å². The molecule has 0 heterocycles. The first-order valence-electron chi connectivity index (χ1n) is 5.85. The Hall–Kier alpha value is -1.92. The molecule has 0 amide bonds. The second-order valence-electron chi connectivity index (χ2n) is 4.14. The van der Waals surface area contributed by atoms with E-state index in [1.165, 1.54) is 6.07 Å². The molecule has 0 aliphatic heterocycles. The minimum absolute atomic E-state index is 0.00945. The van der Waals surface area contributed by atoms with E-state index in [-0.39, 0.29) is 18.9 Å². The summed E-state index contributed by atoms with van der Waals surface area (Å²) in [5.41, 5.74) is 1.47. The molecule has 0 fully saturated rings. The van der Waals surface area contributed by atoms with Gasteiger partial charge in [0.25, 0.3) is 5.69 Å². The van der Waals surface area contributed by atoms with E-state index in [1.54, 1.807) is 36.4 Å². The van der Waals surface area contributed by atoms with E-state index >= 15 is 0 Å². The zero-order valence-electron chi connectivity index (χ0n) is 10.5. The fourth-order valence-corrected chi connectivity index (χ4v) is 2.08. The van der Waals surface area contributed by atoms with Crippen LogP contribution in [0.3, 0.4) is 0 Å². The maximum absolute atomic E-state index is 10.8. The smallest absolute Gasteiger partial charge is 0.283 e. The van der Waals surface area contributed by atoms with Crippen molar-refractivity contribution in [3.63, 3.8) is 0 Å². The highest BCUT2D eigenvalue weighted by molar-refractivity contribution is 9.10. The molecular formula is C14H12BrNO4. The summed E-state index contributed by atoms with van der Waals surface area (Å²) in [6, 6.07) is 11.9. The number of aliphatic hydroxyl groups excluding tert-OH is 1. The number of nitro benzene ring substituents is 1. The number of aliphatic hydroxyl groups is 1. The lowest BCUT2D eigenvalue weighted by molar-refractivity contribution is -0.385. The van der Waals surface area contributed by atoms with Gasteiger partial charge in [0, 0.05) is 6.07 Å². The van der Waals surface area contributed by atoms with Crippen LogP contribution in [0.4, 0.5) is 5.69 Å². The van der Waals surface area contributed by atoms with Gasteiger partial charge in [0.05, 0.1) is 16.0 Å². The highest BCUT2D eigenvalue weighted by Crippen LogP contribution is 2.26. The molecule has 2 rings (SSSR count). The molecule has 104 valence electrons. The van der Waals surface area contributed by atoms with E-state index in [1.807, 2.05) is 0 Å². The van der Waals surface area contributed by atoms with Crippen molar-refractivity contribution in [3.8, 4) is 5.75 Å². The van der Waals surface area contributed by atoms with Gasteiger partial charge in [-0.05, 0) is 45.3 Å². The predicted octanol–water partition coefficient (Wildman–Crippen LogP) is 3.43. The Kier molecular flexibility index (Phi) is 4.70. The summed E-state index contributed by atoms with van der Waals surface area (Å²) in [4.78, 5) is 10.4. The lowest BCUT2D eigenvalue weighted by Crippen LogP contribution is -1.98. The van der Waals surface area contributed by atoms with Gasteiger partial charge < -0.3 is 9.84 Å². The highest BCUT2D eigenvalue weighted by atomic mass is 79.9. The Morgan fingerprint density at radius 1 is 1.20 bits per heavy atom. The van der Waals surface area contributed by atoms with Crippen molar-refractivity contribution in [1.29, 1.82) is 0 Å². The van der Waals surface area contributed by atoms with Gasteiger partial charge in [-0.2, -0.15) is 0 Å². The van der Waals surface area contributed by atoms with Crippen molar-refractivity contribution in [2.45, 2.75) is 13.2 Å². The Labute approximate surface area is 124 Å². The number of hydrogen-bond donors (Lipinski definition) is 1. The van der Waals surface area contributed by atoms with Gasteiger partial charge in [-0.1, -0.05) is 18.2 Å². The van der Waals surface area contributed by atoms with Gasteiger partial charge >= 0.3 is 0 Å². The zero-order valence-corrected chi connectivity index (χ0v) is 12.0. The monoisotopic (exact) mass is 337 g/mol. The van der Waals surface area contributed by atoms with Crippen LogP contribution < -0.4 is 4.74 Å². The van der Waals surface area contributed by atoms with Gasteiger partial charge in [-0.25, -0.2) is 0 Å². The lowest BCUT2D eigenvalue weighted by atomic mass is 10.2. The molecule has 0 aliphatic rings. The molecule has 0 saturated carbocycles. The van der Waals surface area contributed by atoms with Crippen molar-refractivity contribution in [1.82, 2.24) is 0 Å². The topological polar surface area (TPSA) is 72.6 Å². The van der Waals surface area contributed by atoms with Crippen molar-refractivity contribution >= 4 is 21.6 Å². The van der Waals surface area contributed by atoms with Crippen molar-refractivity contribution in [3.05, 3.63) is 68.2 Å². The number of rotatable bonds is 5. The molecule has 2 aromatic rings. The molecule has 2 aromatic carbocycles. The second kappa shape index (κ2) is 6.49. The molecule has 0 aromatic heterocycles. The first-order chi connectivity index (χ1) is 9.60. The average Bonchev–Trinajstić information content (AvgIpc) is 2.46. The lowest BCUT2D eigenvalue weighted by Gasteiger charge is -2.07. The van der Waals surface area contributed by atoms with Gasteiger partial charge in [0.15, 0.2) is 0 Å². The molecule has 0 radical (unpaired) electrons. The standard InChI is InChI=1S/C14H12BrNO4/c15-13-5-4-11(7-14(13)16(18)19)9-20-12-3-1-2-10(6-12)8-17/h1-7,17H,8-9H2. The maximum Gasteiger partial charge on any atom is 0.283 e. The van der Waals surface area contributed by atoms with E-state index in [2.05, 4.69) is 15.9 Å². The number of nitrogens with zero attached hydrogens (tertiary/aromatic N) is 1. The van der Waals surface area contributed by atoms with Gasteiger partial charge in [-0.3, -0.25) is 10.1 Å². The number of hydrogen-bond acceptors (Lipinski definition) is 4. The molecule has 0 atom stereocenters. The van der Waals surface area contributed by atoms with Crippen LogP contribution in [0.2, 0.25) is 0 Å². The second-order valence-corrected chi connectivity index (χ2v) is 4.99. The van der Waals surface area contributed by atoms with E-state index < -0.39 is 4.92 Å². The summed E-state index contributed by atoms with van der Waals surface area (Å²) >= 11 is 3.14.